The third-order valence-corrected chi connectivity index (χ3v) is 2.82. The van der Waals surface area contributed by atoms with Crippen LogP contribution >= 0.6 is 11.8 Å². The molecule has 0 aliphatic heterocycles. The van der Waals surface area contributed by atoms with Gasteiger partial charge >= 0.3 is 11.9 Å². The van der Waals surface area contributed by atoms with Crippen LogP contribution in [0.15, 0.2) is 46.2 Å². The average Bonchev–Trinajstić information content (AvgIpc) is 2.38. The van der Waals surface area contributed by atoms with Crippen molar-refractivity contribution in [2.45, 2.75) is 4.90 Å². The van der Waals surface area contributed by atoms with Crippen molar-refractivity contribution in [2.75, 3.05) is 14.2 Å². The van der Waals surface area contributed by atoms with Gasteiger partial charge in [-0.15, -0.1) is 0 Å². The molecule has 17 heavy (non-hydrogen) atoms. The predicted molar refractivity (Wildman–Crippen MR) is 64.4 cm³/mol. The predicted octanol–water partition coefficient (Wildman–Crippen LogP) is 2.01. The Hall–Kier alpha value is -1.75. The van der Waals surface area contributed by atoms with E-state index in [1.165, 1.54) is 14.2 Å². The molecule has 1 rings (SSSR count). The summed E-state index contributed by atoms with van der Waals surface area (Å²) >= 11 is 1.15. The minimum atomic E-state index is -0.589. The van der Waals surface area contributed by atoms with E-state index in [1.54, 1.807) is 0 Å². The third kappa shape index (κ3) is 4.32. The lowest BCUT2D eigenvalue weighted by atomic mass is 10.4. The van der Waals surface area contributed by atoms with E-state index in [4.69, 9.17) is 0 Å². The van der Waals surface area contributed by atoms with Crippen molar-refractivity contribution in [3.8, 4) is 0 Å². The first-order valence-electron chi connectivity index (χ1n) is 4.78. The molecule has 0 atom stereocenters. The Morgan fingerprint density at radius 3 is 2.29 bits per heavy atom. The molecule has 0 N–H and O–H groups in total. The molecule has 0 aliphatic rings. The lowest BCUT2D eigenvalue weighted by Crippen LogP contribution is -2.05. The van der Waals surface area contributed by atoms with Gasteiger partial charge in [-0.3, -0.25) is 0 Å². The fourth-order valence-electron chi connectivity index (χ4n) is 1.01. The van der Waals surface area contributed by atoms with Crippen molar-refractivity contribution >= 4 is 23.7 Å². The maximum Gasteiger partial charge on any atom is 0.344 e. The molecule has 0 radical (unpaired) electrons. The first-order valence-corrected chi connectivity index (χ1v) is 5.60. The molecule has 0 amide bonds. The van der Waals surface area contributed by atoms with Crippen LogP contribution in [0.5, 0.6) is 0 Å². The molecule has 0 fully saturated rings. The van der Waals surface area contributed by atoms with Crippen molar-refractivity contribution in [3.63, 3.8) is 0 Å². The van der Waals surface area contributed by atoms with Crippen LogP contribution in [0.25, 0.3) is 0 Å². The zero-order valence-electron chi connectivity index (χ0n) is 9.51. The molecule has 5 heteroatoms. The van der Waals surface area contributed by atoms with Crippen LogP contribution in [-0.2, 0) is 19.1 Å². The number of ether oxygens (including phenoxy) is 2. The summed E-state index contributed by atoms with van der Waals surface area (Å²) in [5.74, 6) is -1.15. The van der Waals surface area contributed by atoms with E-state index < -0.39 is 11.9 Å². The van der Waals surface area contributed by atoms with Crippen molar-refractivity contribution < 1.29 is 19.1 Å². The molecule has 0 saturated carbocycles. The maximum atomic E-state index is 11.4. The van der Waals surface area contributed by atoms with E-state index in [0.29, 0.717) is 0 Å². The Morgan fingerprint density at radius 2 is 1.76 bits per heavy atom. The van der Waals surface area contributed by atoms with Gasteiger partial charge in [0.15, 0.2) is 0 Å². The minimum absolute atomic E-state index is 0.186. The molecular formula is C12H12O4S. The van der Waals surface area contributed by atoms with E-state index in [9.17, 15) is 9.59 Å². The van der Waals surface area contributed by atoms with Crippen LogP contribution in [0.3, 0.4) is 0 Å². The summed E-state index contributed by atoms with van der Waals surface area (Å²) in [4.78, 5) is 23.6. The normalized spacial score (nSPS) is 10.8. The number of thioether (sulfide) groups is 1. The Kier molecular flexibility index (Phi) is 5.29. The largest absolute Gasteiger partial charge is 0.466 e. The van der Waals surface area contributed by atoms with Gasteiger partial charge in [-0.1, -0.05) is 30.0 Å². The van der Waals surface area contributed by atoms with Gasteiger partial charge in [-0.25, -0.2) is 9.59 Å². The Balaban J connectivity index is 2.89. The first-order chi connectivity index (χ1) is 8.17. The highest BCUT2D eigenvalue weighted by Crippen LogP contribution is 2.27. The average molecular weight is 252 g/mol. The van der Waals surface area contributed by atoms with Crippen molar-refractivity contribution in [2.24, 2.45) is 0 Å². The molecule has 0 aliphatic carbocycles. The number of hydrogen-bond acceptors (Lipinski definition) is 5. The summed E-state index contributed by atoms with van der Waals surface area (Å²) < 4.78 is 9.07. The molecule has 0 aromatic heterocycles. The Bertz CT molecular complexity index is 425. The van der Waals surface area contributed by atoms with Gasteiger partial charge in [0.05, 0.1) is 14.2 Å². The van der Waals surface area contributed by atoms with Gasteiger partial charge in [0.25, 0.3) is 0 Å². The second-order valence-electron chi connectivity index (χ2n) is 2.94. The number of rotatable bonds is 4. The topological polar surface area (TPSA) is 52.6 Å². The van der Waals surface area contributed by atoms with Crippen molar-refractivity contribution in [1.82, 2.24) is 0 Å². The molecular weight excluding hydrogens is 240 g/mol. The highest BCUT2D eigenvalue weighted by Gasteiger charge is 2.13. The number of benzene rings is 1. The van der Waals surface area contributed by atoms with Crippen LogP contribution in [0.2, 0.25) is 0 Å². The number of carbonyl (C=O) groups is 2. The number of carbonyl (C=O) groups excluding carboxylic acids is 2. The van der Waals surface area contributed by atoms with Gasteiger partial charge in [0, 0.05) is 11.0 Å². The fraction of sp³-hybridized carbons (Fsp3) is 0.167. The summed E-state index contributed by atoms with van der Waals surface area (Å²) in [5.41, 5.74) is 0. The van der Waals surface area contributed by atoms with Crippen LogP contribution in [0, 0.1) is 0 Å². The molecule has 0 unspecified atom stereocenters. The SMILES string of the molecule is COC(=O)/C=C(/Sc1ccccc1)C(=O)OC. The lowest BCUT2D eigenvalue weighted by molar-refractivity contribution is -0.137. The number of esters is 2. The van der Waals surface area contributed by atoms with E-state index in [0.717, 1.165) is 22.7 Å². The van der Waals surface area contributed by atoms with Gasteiger partial charge < -0.3 is 9.47 Å². The van der Waals surface area contributed by atoms with E-state index in [2.05, 4.69) is 9.47 Å². The Morgan fingerprint density at radius 1 is 1.12 bits per heavy atom. The van der Waals surface area contributed by atoms with Gasteiger partial charge in [0.2, 0.25) is 0 Å². The zero-order valence-corrected chi connectivity index (χ0v) is 10.3. The second kappa shape index (κ2) is 6.75. The monoisotopic (exact) mass is 252 g/mol. The molecule has 0 saturated heterocycles. The molecule has 0 heterocycles. The third-order valence-electron chi connectivity index (χ3n) is 1.81. The summed E-state index contributed by atoms with van der Waals surface area (Å²) in [7, 11) is 2.51. The van der Waals surface area contributed by atoms with Crippen molar-refractivity contribution in [3.05, 3.63) is 41.3 Å². The molecule has 4 nitrogen and oxygen atoms in total. The molecule has 1 aromatic carbocycles. The van der Waals surface area contributed by atoms with E-state index in [1.807, 2.05) is 30.3 Å². The summed E-state index contributed by atoms with van der Waals surface area (Å²) in [6.45, 7) is 0. The summed E-state index contributed by atoms with van der Waals surface area (Å²) in [5, 5.41) is 0. The highest BCUT2D eigenvalue weighted by atomic mass is 32.2. The highest BCUT2D eigenvalue weighted by molar-refractivity contribution is 8.04. The van der Waals surface area contributed by atoms with Gasteiger partial charge in [-0.2, -0.15) is 0 Å². The van der Waals surface area contributed by atoms with E-state index in [-0.39, 0.29) is 4.91 Å². The Labute approximate surface area is 104 Å². The molecule has 0 spiro atoms. The van der Waals surface area contributed by atoms with Crippen LogP contribution in [-0.4, -0.2) is 26.2 Å². The number of methoxy groups -OCH3 is 2. The van der Waals surface area contributed by atoms with Crippen LogP contribution < -0.4 is 0 Å². The number of hydrogen-bond donors (Lipinski definition) is 0. The summed E-state index contributed by atoms with van der Waals surface area (Å²) in [6.07, 6.45) is 1.11. The molecule has 90 valence electrons. The standard InChI is InChI=1S/C12H12O4S/c1-15-11(13)8-10(12(14)16-2)17-9-6-4-3-5-7-9/h3-8H,1-2H3/b10-8+. The van der Waals surface area contributed by atoms with Crippen LogP contribution in [0.1, 0.15) is 0 Å². The first kappa shape index (κ1) is 13.3. The molecule has 1 aromatic rings. The maximum absolute atomic E-state index is 11.4. The lowest BCUT2D eigenvalue weighted by Gasteiger charge is -2.04. The van der Waals surface area contributed by atoms with Gasteiger partial charge in [0.1, 0.15) is 4.91 Å². The van der Waals surface area contributed by atoms with Gasteiger partial charge in [-0.05, 0) is 12.1 Å². The summed E-state index contributed by atoms with van der Waals surface area (Å²) in [6, 6.07) is 9.22. The minimum Gasteiger partial charge on any atom is -0.466 e. The van der Waals surface area contributed by atoms with Crippen LogP contribution in [0.4, 0.5) is 0 Å². The fourth-order valence-corrected chi connectivity index (χ4v) is 1.88. The smallest absolute Gasteiger partial charge is 0.344 e. The van der Waals surface area contributed by atoms with E-state index >= 15 is 0 Å². The molecule has 0 bridgehead atoms. The quantitative estimate of drug-likeness (QED) is 0.466. The zero-order chi connectivity index (χ0) is 12.7. The second-order valence-corrected chi connectivity index (χ2v) is 4.05. The van der Waals surface area contributed by atoms with Crippen molar-refractivity contribution in [1.29, 1.82) is 0 Å².